The molecule has 1 aliphatic rings. The molecule has 0 spiro atoms. The van der Waals surface area contributed by atoms with Crippen LogP contribution in [0.2, 0.25) is 0 Å². The van der Waals surface area contributed by atoms with Crippen LogP contribution in [-0.4, -0.2) is 34.1 Å². The number of carbonyl (C=O) groups excluding carboxylic acids is 1. The van der Waals surface area contributed by atoms with Gasteiger partial charge in [0.2, 0.25) is 11.9 Å². The summed E-state index contributed by atoms with van der Waals surface area (Å²) in [4.78, 5) is 26.3. The molecular weight excluding hydrogens is 446 g/mol. The minimum absolute atomic E-state index is 0.0170. The van der Waals surface area contributed by atoms with Crippen LogP contribution in [0.15, 0.2) is 66.3 Å². The number of nitrogen functional groups attached to an aromatic ring is 1. The fourth-order valence-electron chi connectivity index (χ4n) is 4.31. The highest BCUT2D eigenvalue weighted by Crippen LogP contribution is 2.37. The first-order valence-electron chi connectivity index (χ1n) is 11.1. The summed E-state index contributed by atoms with van der Waals surface area (Å²) < 4.78 is 5.60. The third-order valence-electron chi connectivity index (χ3n) is 6.28. The van der Waals surface area contributed by atoms with Crippen molar-refractivity contribution in [1.29, 1.82) is 0 Å². The molecule has 0 bridgehead atoms. The van der Waals surface area contributed by atoms with E-state index in [1.165, 1.54) is 0 Å². The summed E-state index contributed by atoms with van der Waals surface area (Å²) in [5, 5.41) is 6.21. The molecule has 1 aliphatic heterocycles. The lowest BCUT2D eigenvalue weighted by Gasteiger charge is -2.36. The molecule has 1 amide bonds. The van der Waals surface area contributed by atoms with E-state index in [4.69, 9.17) is 10.5 Å². The number of anilines is 2. The van der Waals surface area contributed by atoms with Gasteiger partial charge in [0.05, 0.1) is 16.1 Å². The second-order valence-corrected chi connectivity index (χ2v) is 9.45. The van der Waals surface area contributed by atoms with Gasteiger partial charge in [-0.2, -0.15) is 0 Å². The van der Waals surface area contributed by atoms with Crippen molar-refractivity contribution in [2.45, 2.75) is 25.2 Å². The van der Waals surface area contributed by atoms with Gasteiger partial charge in [0.15, 0.2) is 0 Å². The van der Waals surface area contributed by atoms with Gasteiger partial charge in [0, 0.05) is 47.8 Å². The summed E-state index contributed by atoms with van der Waals surface area (Å²) in [6.45, 7) is 3.08. The summed E-state index contributed by atoms with van der Waals surface area (Å²) in [5.74, 6) is 0.226. The summed E-state index contributed by atoms with van der Waals surface area (Å²) in [6, 6.07) is 15.9. The van der Waals surface area contributed by atoms with Crippen molar-refractivity contribution in [1.82, 2.24) is 15.0 Å². The number of nitrogens with two attached hydrogens (primary N) is 1. The number of benzene rings is 2. The molecule has 2 aromatic carbocycles. The molecule has 0 unspecified atom stereocenters. The summed E-state index contributed by atoms with van der Waals surface area (Å²) in [5.41, 5.74) is 10.5. The number of aryl methyl sites for hydroxylation is 1. The van der Waals surface area contributed by atoms with Crippen LogP contribution >= 0.6 is 11.3 Å². The molecule has 2 aromatic heterocycles. The molecule has 0 aliphatic carbocycles. The Morgan fingerprint density at radius 1 is 0.971 bits per heavy atom. The van der Waals surface area contributed by atoms with Crippen LogP contribution in [0.3, 0.4) is 0 Å². The number of carbonyl (C=O) groups is 1. The standard InChI is InChI=1S/C26H25N5O2S/c1-17-30-23(16-34-17)19-4-8-22(9-5-19)31-24(32)26(10-12-33-13-11-26)21-6-2-18(3-7-21)20-14-28-25(27)29-15-20/h2-9,14-16H,10-13H2,1H3,(H,31,32)(H2,27,28,29). The van der Waals surface area contributed by atoms with Crippen molar-refractivity contribution in [3.8, 4) is 22.4 Å². The molecule has 172 valence electrons. The van der Waals surface area contributed by atoms with Crippen LogP contribution in [0.25, 0.3) is 22.4 Å². The van der Waals surface area contributed by atoms with E-state index in [0.29, 0.717) is 26.1 Å². The van der Waals surface area contributed by atoms with E-state index in [-0.39, 0.29) is 11.9 Å². The van der Waals surface area contributed by atoms with Crippen molar-refractivity contribution in [2.75, 3.05) is 24.3 Å². The summed E-state index contributed by atoms with van der Waals surface area (Å²) >= 11 is 1.62. The monoisotopic (exact) mass is 471 g/mol. The number of nitrogens with zero attached hydrogens (tertiary/aromatic N) is 3. The Morgan fingerprint density at radius 3 is 2.24 bits per heavy atom. The molecule has 1 saturated heterocycles. The first kappa shape index (κ1) is 22.2. The first-order valence-corrected chi connectivity index (χ1v) is 12.0. The molecule has 0 radical (unpaired) electrons. The van der Waals surface area contributed by atoms with Crippen molar-refractivity contribution in [3.63, 3.8) is 0 Å². The number of hydrogen-bond donors (Lipinski definition) is 2. The van der Waals surface area contributed by atoms with Gasteiger partial charge in [0.1, 0.15) is 0 Å². The molecule has 0 saturated carbocycles. The van der Waals surface area contributed by atoms with E-state index >= 15 is 0 Å². The Kier molecular flexibility index (Phi) is 6.08. The van der Waals surface area contributed by atoms with Gasteiger partial charge in [-0.05, 0) is 43.0 Å². The highest BCUT2D eigenvalue weighted by atomic mass is 32.1. The third kappa shape index (κ3) is 4.42. The molecule has 34 heavy (non-hydrogen) atoms. The highest BCUT2D eigenvalue weighted by Gasteiger charge is 2.41. The van der Waals surface area contributed by atoms with Crippen LogP contribution in [0.1, 0.15) is 23.4 Å². The molecule has 3 heterocycles. The van der Waals surface area contributed by atoms with Crippen molar-refractivity contribution >= 4 is 28.9 Å². The molecular formula is C26H25N5O2S. The minimum Gasteiger partial charge on any atom is -0.381 e. The van der Waals surface area contributed by atoms with Crippen LogP contribution in [0.4, 0.5) is 11.6 Å². The fraction of sp³-hybridized carbons (Fsp3) is 0.231. The predicted molar refractivity (Wildman–Crippen MR) is 135 cm³/mol. The Balaban J connectivity index is 1.38. The molecule has 4 aromatic rings. The maximum atomic E-state index is 13.6. The quantitative estimate of drug-likeness (QED) is 0.432. The zero-order valence-corrected chi connectivity index (χ0v) is 19.6. The smallest absolute Gasteiger partial charge is 0.235 e. The van der Waals surface area contributed by atoms with Gasteiger partial charge in [0.25, 0.3) is 0 Å². The molecule has 5 rings (SSSR count). The third-order valence-corrected chi connectivity index (χ3v) is 7.05. The lowest BCUT2D eigenvalue weighted by molar-refractivity contribution is -0.125. The number of nitrogens with one attached hydrogen (secondary N) is 1. The number of amides is 1. The van der Waals surface area contributed by atoms with Crippen LogP contribution in [0, 0.1) is 6.92 Å². The van der Waals surface area contributed by atoms with Crippen molar-refractivity contribution < 1.29 is 9.53 Å². The number of rotatable bonds is 5. The maximum absolute atomic E-state index is 13.6. The number of thiazole rings is 1. The van der Waals surface area contributed by atoms with E-state index < -0.39 is 5.41 Å². The number of hydrogen-bond acceptors (Lipinski definition) is 7. The Morgan fingerprint density at radius 2 is 1.62 bits per heavy atom. The largest absolute Gasteiger partial charge is 0.381 e. The van der Waals surface area contributed by atoms with Crippen molar-refractivity contribution in [2.24, 2.45) is 0 Å². The highest BCUT2D eigenvalue weighted by molar-refractivity contribution is 7.09. The molecule has 0 atom stereocenters. The predicted octanol–water partition coefficient (Wildman–Crippen LogP) is 4.84. The van der Waals surface area contributed by atoms with Crippen LogP contribution in [-0.2, 0) is 14.9 Å². The summed E-state index contributed by atoms with van der Waals surface area (Å²) in [7, 11) is 0. The van der Waals surface area contributed by atoms with Crippen LogP contribution in [0.5, 0.6) is 0 Å². The zero-order chi connectivity index (χ0) is 23.5. The lowest BCUT2D eigenvalue weighted by atomic mass is 9.73. The van der Waals surface area contributed by atoms with Gasteiger partial charge < -0.3 is 15.8 Å². The van der Waals surface area contributed by atoms with E-state index in [0.717, 1.165) is 38.6 Å². The van der Waals surface area contributed by atoms with Crippen LogP contribution < -0.4 is 11.1 Å². The van der Waals surface area contributed by atoms with Crippen molar-refractivity contribution in [3.05, 3.63) is 76.9 Å². The number of aromatic nitrogens is 3. The SMILES string of the molecule is Cc1nc(-c2ccc(NC(=O)C3(c4ccc(-c5cnc(N)nc5)cc4)CCOCC3)cc2)cs1. The average molecular weight is 472 g/mol. The Labute approximate surface area is 202 Å². The second kappa shape index (κ2) is 9.32. The molecule has 1 fully saturated rings. The van der Waals surface area contributed by atoms with E-state index in [1.54, 1.807) is 23.7 Å². The first-order chi connectivity index (χ1) is 16.5. The van der Waals surface area contributed by atoms with E-state index in [1.807, 2.05) is 60.8 Å². The lowest BCUT2D eigenvalue weighted by Crippen LogP contribution is -2.44. The normalized spacial score (nSPS) is 15.1. The second-order valence-electron chi connectivity index (χ2n) is 8.39. The molecule has 8 heteroatoms. The molecule has 7 nitrogen and oxygen atoms in total. The zero-order valence-electron chi connectivity index (χ0n) is 18.8. The fourth-order valence-corrected chi connectivity index (χ4v) is 4.93. The van der Waals surface area contributed by atoms with Gasteiger partial charge in [-0.25, -0.2) is 15.0 Å². The van der Waals surface area contributed by atoms with E-state index in [9.17, 15) is 4.79 Å². The average Bonchev–Trinajstić information content (AvgIpc) is 3.32. The minimum atomic E-state index is -0.654. The Bertz CT molecular complexity index is 1280. The van der Waals surface area contributed by atoms with Gasteiger partial charge in [-0.1, -0.05) is 36.4 Å². The number of ether oxygens (including phenoxy) is 1. The molecule has 3 N–H and O–H groups in total. The van der Waals surface area contributed by atoms with E-state index in [2.05, 4.69) is 20.3 Å². The Hall–Kier alpha value is -3.62. The van der Waals surface area contributed by atoms with Gasteiger partial charge in [-0.15, -0.1) is 11.3 Å². The maximum Gasteiger partial charge on any atom is 0.235 e. The van der Waals surface area contributed by atoms with Gasteiger partial charge in [-0.3, -0.25) is 4.79 Å². The topological polar surface area (TPSA) is 103 Å². The summed E-state index contributed by atoms with van der Waals surface area (Å²) in [6.07, 6.45) is 4.65. The van der Waals surface area contributed by atoms with Gasteiger partial charge >= 0.3 is 0 Å².